The Morgan fingerprint density at radius 2 is 1.82 bits per heavy atom. The number of aromatic nitrogens is 1. The van der Waals surface area contributed by atoms with E-state index in [-0.39, 0.29) is 25.0 Å². The summed E-state index contributed by atoms with van der Waals surface area (Å²) in [5, 5.41) is 17.4. The van der Waals surface area contributed by atoms with Gasteiger partial charge in [0.05, 0.1) is 11.7 Å². The van der Waals surface area contributed by atoms with Gasteiger partial charge in [-0.05, 0) is 36.4 Å². The Hall–Kier alpha value is -3.80. The molecule has 3 amide bonds. The second-order valence-electron chi connectivity index (χ2n) is 7.52. The normalized spacial score (nSPS) is 11.3. The van der Waals surface area contributed by atoms with Crippen LogP contribution in [0.15, 0.2) is 48.7 Å². The summed E-state index contributed by atoms with van der Waals surface area (Å²) < 4.78 is 0. The minimum absolute atomic E-state index is 0.00398. The number of carbonyl (C=O) groups excluding carboxylic acids is 2. The van der Waals surface area contributed by atoms with Gasteiger partial charge in [-0.3, -0.25) is 4.79 Å². The van der Waals surface area contributed by atoms with Crippen LogP contribution >= 0.6 is 11.6 Å². The highest BCUT2D eigenvalue weighted by molar-refractivity contribution is 6.31. The van der Waals surface area contributed by atoms with Crippen LogP contribution in [0.1, 0.15) is 21.5 Å². The molecule has 170 valence electrons. The van der Waals surface area contributed by atoms with Crippen LogP contribution in [-0.4, -0.2) is 60.2 Å². The number of nitrogens with one attached hydrogen (secondary N) is 2. The summed E-state index contributed by atoms with van der Waals surface area (Å²) in [6.07, 6.45) is 0.767. The van der Waals surface area contributed by atoms with E-state index in [4.69, 9.17) is 17.3 Å². The molecule has 1 atom stereocenters. The van der Waals surface area contributed by atoms with E-state index >= 15 is 0 Å². The van der Waals surface area contributed by atoms with Crippen molar-refractivity contribution in [3.8, 4) is 11.8 Å². The molecule has 0 saturated carbocycles. The van der Waals surface area contributed by atoms with Crippen molar-refractivity contribution in [3.63, 3.8) is 0 Å². The van der Waals surface area contributed by atoms with E-state index in [2.05, 4.69) is 27.5 Å². The van der Waals surface area contributed by atoms with Crippen LogP contribution in [0, 0.1) is 11.8 Å². The summed E-state index contributed by atoms with van der Waals surface area (Å²) in [5.41, 5.74) is 7.72. The van der Waals surface area contributed by atoms with Gasteiger partial charge in [-0.15, -0.1) is 0 Å². The van der Waals surface area contributed by atoms with Gasteiger partial charge in [0.25, 0.3) is 5.91 Å². The number of halogens is 1. The fourth-order valence-electron chi connectivity index (χ4n) is 2.92. The molecule has 0 aliphatic rings. The van der Waals surface area contributed by atoms with Crippen LogP contribution in [0.2, 0.25) is 5.02 Å². The zero-order chi connectivity index (χ0) is 24.0. The molecule has 1 heterocycles. The zero-order valence-corrected chi connectivity index (χ0v) is 19.0. The first-order valence-corrected chi connectivity index (χ1v) is 10.5. The van der Waals surface area contributed by atoms with Gasteiger partial charge in [-0.25, -0.2) is 9.78 Å². The van der Waals surface area contributed by atoms with Crippen LogP contribution in [0.4, 0.5) is 10.6 Å². The molecule has 0 aliphatic carbocycles. The minimum Gasteiger partial charge on any atom is -0.389 e. The van der Waals surface area contributed by atoms with E-state index < -0.39 is 6.10 Å². The Balaban J connectivity index is 1.64. The minimum atomic E-state index is -0.906. The standard InChI is InChI=1S/C24H24ClN5O3/c1-30(2)24(33)29-14-19(31)13-28-23(32)16-6-3-15(4-7-16)5-10-20-21-11-18(25)9-8-17(21)12-27-22(20)26/h3-4,6-9,11-12,19,31H,13-14H2,1-2H3,(H2,26,27)(H,28,32)(H,29,33). The smallest absolute Gasteiger partial charge is 0.316 e. The van der Waals surface area contributed by atoms with Gasteiger partial charge >= 0.3 is 6.03 Å². The fourth-order valence-corrected chi connectivity index (χ4v) is 3.09. The maximum Gasteiger partial charge on any atom is 0.316 e. The molecule has 33 heavy (non-hydrogen) atoms. The average Bonchev–Trinajstić information content (AvgIpc) is 2.80. The van der Waals surface area contributed by atoms with E-state index in [0.717, 1.165) is 10.8 Å². The first-order chi connectivity index (χ1) is 15.7. The number of rotatable bonds is 5. The van der Waals surface area contributed by atoms with E-state index in [1.165, 1.54) is 4.90 Å². The number of urea groups is 1. The third-order valence-electron chi connectivity index (χ3n) is 4.76. The Labute approximate surface area is 196 Å². The first-order valence-electron chi connectivity index (χ1n) is 10.1. The molecule has 5 N–H and O–H groups in total. The highest BCUT2D eigenvalue weighted by Crippen LogP contribution is 2.24. The fraction of sp³-hybridized carbons (Fsp3) is 0.208. The quantitative estimate of drug-likeness (QED) is 0.431. The Morgan fingerprint density at radius 1 is 1.12 bits per heavy atom. The zero-order valence-electron chi connectivity index (χ0n) is 18.2. The molecule has 9 heteroatoms. The van der Waals surface area contributed by atoms with Crippen molar-refractivity contribution in [2.24, 2.45) is 0 Å². The number of fused-ring (bicyclic) bond motifs is 1. The number of nitrogens with two attached hydrogens (primary N) is 1. The van der Waals surface area contributed by atoms with E-state index in [1.54, 1.807) is 56.7 Å². The number of pyridine rings is 1. The number of benzene rings is 2. The van der Waals surface area contributed by atoms with Crippen LogP contribution in [-0.2, 0) is 0 Å². The molecule has 0 radical (unpaired) electrons. The molecule has 0 spiro atoms. The summed E-state index contributed by atoms with van der Waals surface area (Å²) in [6.45, 7) is 0.0349. The molecule has 1 unspecified atom stereocenters. The van der Waals surface area contributed by atoms with Gasteiger partial charge in [0.15, 0.2) is 0 Å². The van der Waals surface area contributed by atoms with Crippen molar-refractivity contribution in [2.75, 3.05) is 32.9 Å². The summed E-state index contributed by atoms with van der Waals surface area (Å²) in [4.78, 5) is 29.3. The predicted molar refractivity (Wildman–Crippen MR) is 129 cm³/mol. The van der Waals surface area contributed by atoms with Gasteiger partial charge < -0.3 is 26.4 Å². The highest BCUT2D eigenvalue weighted by Gasteiger charge is 2.11. The van der Waals surface area contributed by atoms with E-state index in [0.29, 0.717) is 27.5 Å². The molecular weight excluding hydrogens is 442 g/mol. The van der Waals surface area contributed by atoms with Gasteiger partial charge in [0, 0.05) is 60.3 Å². The Kier molecular flexibility index (Phi) is 7.72. The number of amides is 3. The van der Waals surface area contributed by atoms with Crippen molar-refractivity contribution >= 4 is 40.1 Å². The van der Waals surface area contributed by atoms with Crippen LogP contribution in [0.25, 0.3) is 10.8 Å². The maximum absolute atomic E-state index is 12.3. The number of nitrogen functional groups attached to an aromatic ring is 1. The van der Waals surface area contributed by atoms with E-state index in [9.17, 15) is 14.7 Å². The van der Waals surface area contributed by atoms with Crippen LogP contribution in [0.5, 0.6) is 0 Å². The molecule has 2 aromatic carbocycles. The molecule has 0 bridgehead atoms. The van der Waals surface area contributed by atoms with Gasteiger partial charge in [0.2, 0.25) is 0 Å². The van der Waals surface area contributed by atoms with Crippen molar-refractivity contribution in [1.29, 1.82) is 0 Å². The number of anilines is 1. The molecular formula is C24H24ClN5O3. The lowest BCUT2D eigenvalue weighted by Gasteiger charge is -2.15. The van der Waals surface area contributed by atoms with Crippen LogP contribution < -0.4 is 16.4 Å². The lowest BCUT2D eigenvalue weighted by molar-refractivity contribution is 0.0916. The molecule has 3 aromatic rings. The summed E-state index contributed by atoms with van der Waals surface area (Å²) in [5.74, 6) is 6.06. The third kappa shape index (κ3) is 6.35. The second kappa shape index (κ2) is 10.7. The summed E-state index contributed by atoms with van der Waals surface area (Å²) >= 11 is 6.11. The van der Waals surface area contributed by atoms with Crippen LogP contribution in [0.3, 0.4) is 0 Å². The summed E-state index contributed by atoms with van der Waals surface area (Å²) in [6, 6.07) is 11.8. The topological polar surface area (TPSA) is 121 Å². The number of aliphatic hydroxyl groups excluding tert-OH is 1. The summed E-state index contributed by atoms with van der Waals surface area (Å²) in [7, 11) is 3.20. The van der Waals surface area contributed by atoms with Gasteiger partial charge in [-0.1, -0.05) is 29.5 Å². The number of carbonyl (C=O) groups is 2. The predicted octanol–water partition coefficient (Wildman–Crippen LogP) is 2.23. The molecule has 3 rings (SSSR count). The maximum atomic E-state index is 12.3. The number of hydrogen-bond acceptors (Lipinski definition) is 5. The molecule has 1 aromatic heterocycles. The number of aliphatic hydroxyl groups is 1. The lowest BCUT2D eigenvalue weighted by Crippen LogP contribution is -2.43. The number of nitrogens with zero attached hydrogens (tertiary/aromatic N) is 2. The first kappa shape index (κ1) is 23.9. The average molecular weight is 466 g/mol. The molecule has 0 fully saturated rings. The lowest BCUT2D eigenvalue weighted by atomic mass is 10.1. The van der Waals surface area contributed by atoms with Gasteiger partial charge in [-0.2, -0.15) is 0 Å². The third-order valence-corrected chi connectivity index (χ3v) is 4.99. The van der Waals surface area contributed by atoms with Crippen molar-refractivity contribution < 1.29 is 14.7 Å². The Bertz CT molecular complexity index is 1230. The SMILES string of the molecule is CN(C)C(=O)NCC(O)CNC(=O)c1ccc(C#Cc2c(N)ncc3ccc(Cl)cc23)cc1. The second-order valence-corrected chi connectivity index (χ2v) is 7.96. The van der Waals surface area contributed by atoms with Gasteiger partial charge in [0.1, 0.15) is 5.82 Å². The molecule has 0 saturated heterocycles. The monoisotopic (exact) mass is 465 g/mol. The highest BCUT2D eigenvalue weighted by atomic mass is 35.5. The molecule has 8 nitrogen and oxygen atoms in total. The molecule has 0 aliphatic heterocycles. The Morgan fingerprint density at radius 3 is 2.52 bits per heavy atom. The van der Waals surface area contributed by atoms with E-state index in [1.807, 2.05) is 6.07 Å². The van der Waals surface area contributed by atoms with Crippen molar-refractivity contribution in [2.45, 2.75) is 6.10 Å². The van der Waals surface area contributed by atoms with Crippen molar-refractivity contribution in [1.82, 2.24) is 20.5 Å². The number of hydrogen-bond donors (Lipinski definition) is 4. The van der Waals surface area contributed by atoms with Crippen molar-refractivity contribution in [3.05, 3.63) is 70.4 Å². The largest absolute Gasteiger partial charge is 0.389 e.